The van der Waals surface area contributed by atoms with Gasteiger partial charge in [0.05, 0.1) is 18.5 Å². The second-order valence-corrected chi connectivity index (χ2v) is 9.72. The molecule has 1 aromatic heterocycles. The van der Waals surface area contributed by atoms with Crippen LogP contribution in [0.3, 0.4) is 0 Å². The molecule has 9 nitrogen and oxygen atoms in total. The number of ether oxygens (including phenoxy) is 2. The van der Waals surface area contributed by atoms with Gasteiger partial charge in [0.15, 0.2) is 0 Å². The molecule has 4 rings (SSSR count). The molecule has 0 unspecified atom stereocenters. The number of hydrogen-bond donors (Lipinski definition) is 2. The summed E-state index contributed by atoms with van der Waals surface area (Å²) >= 11 is 1.12. The number of amides is 2. The van der Waals surface area contributed by atoms with E-state index in [4.69, 9.17) is 14.3 Å². The van der Waals surface area contributed by atoms with Crippen molar-refractivity contribution >= 4 is 40.9 Å². The Morgan fingerprint density at radius 1 is 0.884 bits per heavy atom. The third-order valence-electron chi connectivity index (χ3n) is 5.95. The summed E-state index contributed by atoms with van der Waals surface area (Å²) in [4.78, 5) is 40.8. The average Bonchev–Trinajstić information content (AvgIpc) is 3.45. The molecular formula is C33H40N4O5S. The lowest BCUT2D eigenvalue weighted by molar-refractivity contribution is -0.0980. The third kappa shape index (κ3) is 10.1. The third-order valence-corrected chi connectivity index (χ3v) is 7.09. The molecule has 10 heteroatoms. The van der Waals surface area contributed by atoms with Crippen LogP contribution in [0.1, 0.15) is 52.8 Å². The van der Waals surface area contributed by atoms with Crippen LogP contribution in [0.25, 0.3) is 0 Å². The Morgan fingerprint density at radius 2 is 1.49 bits per heavy atom. The molecule has 0 atom stereocenters. The maximum absolute atomic E-state index is 13.4. The van der Waals surface area contributed by atoms with Crippen LogP contribution in [0.4, 0.5) is 15.6 Å². The first-order valence-electron chi connectivity index (χ1n) is 14.0. The average molecular weight is 605 g/mol. The van der Waals surface area contributed by atoms with Gasteiger partial charge in [-0.1, -0.05) is 98.8 Å². The SMILES string of the molecule is C=O.CC.CCNCc1ccc(CNC(=O)c2sc(N(C(=O)OCc3ccccc3)c3ccccc3OC)nc2C)cc1. The lowest BCUT2D eigenvalue weighted by Crippen LogP contribution is -2.27. The van der Waals surface area contributed by atoms with Crippen molar-refractivity contribution in [1.29, 1.82) is 0 Å². The van der Waals surface area contributed by atoms with Crippen molar-refractivity contribution < 1.29 is 23.9 Å². The summed E-state index contributed by atoms with van der Waals surface area (Å²) in [6.45, 7) is 12.0. The quantitative estimate of drug-likeness (QED) is 0.193. The first-order chi connectivity index (χ1) is 21.0. The summed E-state index contributed by atoms with van der Waals surface area (Å²) in [6, 6.07) is 24.6. The number of benzene rings is 3. The molecule has 228 valence electrons. The van der Waals surface area contributed by atoms with Gasteiger partial charge in [0.1, 0.15) is 24.0 Å². The van der Waals surface area contributed by atoms with E-state index in [0.717, 1.165) is 35.6 Å². The molecular weight excluding hydrogens is 564 g/mol. The number of nitrogens with zero attached hydrogens (tertiary/aromatic N) is 2. The van der Waals surface area contributed by atoms with Gasteiger partial charge in [-0.25, -0.2) is 14.7 Å². The minimum Gasteiger partial charge on any atom is -0.495 e. The van der Waals surface area contributed by atoms with Gasteiger partial charge in [-0.05, 0) is 42.3 Å². The van der Waals surface area contributed by atoms with Crippen LogP contribution in [0.2, 0.25) is 0 Å². The smallest absolute Gasteiger partial charge is 0.421 e. The second kappa shape index (κ2) is 18.8. The minimum absolute atomic E-state index is 0.0936. The molecule has 3 aromatic carbocycles. The monoisotopic (exact) mass is 604 g/mol. The molecule has 0 radical (unpaired) electrons. The van der Waals surface area contributed by atoms with Crippen LogP contribution in [0.15, 0.2) is 78.9 Å². The van der Waals surface area contributed by atoms with Gasteiger partial charge >= 0.3 is 6.09 Å². The minimum atomic E-state index is -0.623. The van der Waals surface area contributed by atoms with Crippen molar-refractivity contribution in [3.8, 4) is 5.75 Å². The van der Waals surface area contributed by atoms with Crippen LogP contribution in [-0.2, 0) is 29.2 Å². The van der Waals surface area contributed by atoms with Crippen LogP contribution in [0.5, 0.6) is 5.75 Å². The number of hydrogen-bond acceptors (Lipinski definition) is 8. The standard InChI is InChI=1S/C30H32N4O4S.C2H6.CH2O/c1-4-31-18-22-14-16-23(17-15-22)19-32-28(35)27-21(2)33-29(39-27)34(25-12-8-9-13-26(25)37-3)30(36)38-20-24-10-6-5-7-11-24;2*1-2/h5-17,31H,4,18-20H2,1-3H3,(H,32,35);1-2H3;1H2. The summed E-state index contributed by atoms with van der Waals surface area (Å²) < 4.78 is 11.1. The number of para-hydroxylation sites is 2. The molecule has 0 fully saturated rings. The van der Waals surface area contributed by atoms with Crippen molar-refractivity contribution in [2.45, 2.75) is 47.4 Å². The fraction of sp³-hybridized carbons (Fsp3) is 0.273. The normalized spacial score (nSPS) is 9.88. The molecule has 0 bridgehead atoms. The van der Waals surface area contributed by atoms with Crippen LogP contribution >= 0.6 is 11.3 Å². The highest BCUT2D eigenvalue weighted by Crippen LogP contribution is 2.37. The van der Waals surface area contributed by atoms with Crippen molar-refractivity contribution in [3.63, 3.8) is 0 Å². The van der Waals surface area contributed by atoms with Crippen molar-refractivity contribution in [2.75, 3.05) is 18.6 Å². The summed E-state index contributed by atoms with van der Waals surface area (Å²) in [7, 11) is 1.53. The lowest BCUT2D eigenvalue weighted by atomic mass is 10.1. The van der Waals surface area contributed by atoms with Gasteiger partial charge in [-0.15, -0.1) is 0 Å². The van der Waals surface area contributed by atoms with Gasteiger partial charge in [0, 0.05) is 13.1 Å². The number of nitrogens with one attached hydrogen (secondary N) is 2. The van der Waals surface area contributed by atoms with Gasteiger partial charge in [-0.3, -0.25) is 4.79 Å². The molecule has 4 aromatic rings. The van der Waals surface area contributed by atoms with E-state index >= 15 is 0 Å². The Morgan fingerprint density at radius 3 is 2.12 bits per heavy atom. The van der Waals surface area contributed by atoms with Crippen molar-refractivity contribution in [3.05, 3.63) is 106 Å². The number of carbonyl (C=O) groups is 3. The van der Waals surface area contributed by atoms with E-state index in [9.17, 15) is 9.59 Å². The van der Waals surface area contributed by atoms with E-state index in [1.807, 2.05) is 81.3 Å². The summed E-state index contributed by atoms with van der Waals surface area (Å²) in [5, 5.41) is 6.57. The van der Waals surface area contributed by atoms with Crippen LogP contribution in [-0.4, -0.2) is 37.4 Å². The summed E-state index contributed by atoms with van der Waals surface area (Å²) in [5.41, 5.74) is 4.02. The predicted molar refractivity (Wildman–Crippen MR) is 172 cm³/mol. The molecule has 0 aliphatic heterocycles. The zero-order chi connectivity index (χ0) is 31.6. The van der Waals surface area contributed by atoms with Gasteiger partial charge in [0.25, 0.3) is 5.91 Å². The molecule has 2 amide bonds. The zero-order valence-corrected chi connectivity index (χ0v) is 26.2. The Balaban J connectivity index is 0.00000155. The Bertz CT molecular complexity index is 1410. The number of aryl methyl sites for hydroxylation is 1. The van der Waals surface area contributed by atoms with Gasteiger partial charge in [-0.2, -0.15) is 0 Å². The van der Waals surface area contributed by atoms with Crippen LogP contribution < -0.4 is 20.3 Å². The Kier molecular flexibility index (Phi) is 15.2. The summed E-state index contributed by atoms with van der Waals surface area (Å²) in [5.74, 6) is 0.219. The van der Waals surface area contributed by atoms with Crippen molar-refractivity contribution in [2.24, 2.45) is 0 Å². The van der Waals surface area contributed by atoms with E-state index in [1.165, 1.54) is 17.6 Å². The predicted octanol–water partition coefficient (Wildman–Crippen LogP) is 6.82. The number of carbonyl (C=O) groups excluding carboxylic acids is 3. The number of aromatic nitrogens is 1. The highest BCUT2D eigenvalue weighted by Gasteiger charge is 2.28. The molecule has 0 saturated carbocycles. The lowest BCUT2D eigenvalue weighted by Gasteiger charge is -2.21. The Hall–Kier alpha value is -4.54. The highest BCUT2D eigenvalue weighted by molar-refractivity contribution is 7.17. The number of methoxy groups -OCH3 is 1. The molecule has 0 aliphatic carbocycles. The van der Waals surface area contributed by atoms with Crippen LogP contribution in [0, 0.1) is 6.92 Å². The van der Waals surface area contributed by atoms with Gasteiger partial charge < -0.3 is 24.9 Å². The maximum Gasteiger partial charge on any atom is 0.421 e. The molecule has 43 heavy (non-hydrogen) atoms. The molecule has 2 N–H and O–H groups in total. The van der Waals surface area contributed by atoms with E-state index in [2.05, 4.69) is 22.5 Å². The molecule has 0 saturated heterocycles. The van der Waals surface area contributed by atoms with E-state index < -0.39 is 6.09 Å². The number of thiazole rings is 1. The second-order valence-electron chi connectivity index (χ2n) is 8.74. The van der Waals surface area contributed by atoms with E-state index in [0.29, 0.717) is 33.7 Å². The van der Waals surface area contributed by atoms with Crippen molar-refractivity contribution in [1.82, 2.24) is 15.6 Å². The molecule has 1 heterocycles. The maximum atomic E-state index is 13.4. The van der Waals surface area contributed by atoms with Gasteiger partial charge in [0.2, 0.25) is 5.13 Å². The Labute approximate surface area is 257 Å². The van der Waals surface area contributed by atoms with E-state index in [1.54, 1.807) is 25.1 Å². The first kappa shape index (κ1) is 34.7. The topological polar surface area (TPSA) is 110 Å². The number of anilines is 2. The highest BCUT2D eigenvalue weighted by atomic mass is 32.1. The summed E-state index contributed by atoms with van der Waals surface area (Å²) in [6.07, 6.45) is -0.623. The fourth-order valence-electron chi connectivity index (χ4n) is 3.87. The molecule has 0 spiro atoms. The van der Waals surface area contributed by atoms with E-state index in [-0.39, 0.29) is 12.5 Å². The number of rotatable bonds is 11. The fourth-order valence-corrected chi connectivity index (χ4v) is 4.86. The zero-order valence-electron chi connectivity index (χ0n) is 25.4. The first-order valence-corrected chi connectivity index (χ1v) is 14.8. The largest absolute Gasteiger partial charge is 0.495 e. The molecule has 0 aliphatic rings.